The molecule has 1 rings (SSSR count). The van der Waals surface area contributed by atoms with Crippen molar-refractivity contribution >= 4 is 0 Å². The molecule has 0 aromatic carbocycles. The Morgan fingerprint density at radius 2 is 1.76 bits per heavy atom. The highest BCUT2D eigenvalue weighted by Gasteiger charge is 2.43. The lowest BCUT2D eigenvalue weighted by atomic mass is 9.86. The van der Waals surface area contributed by atoms with Gasteiger partial charge in [-0.05, 0) is 50.7 Å². The smallest absolute Gasteiger partial charge is 0.330 e. The molecule has 0 bridgehead atoms. The van der Waals surface area contributed by atoms with Gasteiger partial charge in [-0.3, -0.25) is 4.90 Å². The van der Waals surface area contributed by atoms with E-state index in [1.807, 2.05) is 0 Å². The van der Waals surface area contributed by atoms with Gasteiger partial charge in [0.25, 0.3) is 0 Å². The van der Waals surface area contributed by atoms with Crippen LogP contribution < -0.4 is 5.73 Å². The fourth-order valence-electron chi connectivity index (χ4n) is 2.61. The largest absolute Gasteiger partial charge is 0.404 e. The molecule has 2 nitrogen and oxygen atoms in total. The monoisotopic (exact) mass is 252 g/mol. The Labute approximate surface area is 101 Å². The molecule has 1 fully saturated rings. The number of rotatable bonds is 4. The maximum Gasteiger partial charge on any atom is 0.404 e. The van der Waals surface area contributed by atoms with Gasteiger partial charge in [0.2, 0.25) is 0 Å². The van der Waals surface area contributed by atoms with Gasteiger partial charge < -0.3 is 5.73 Å². The molecule has 1 aliphatic rings. The van der Waals surface area contributed by atoms with Gasteiger partial charge in [-0.1, -0.05) is 13.8 Å². The van der Waals surface area contributed by atoms with Crippen LogP contribution in [0.15, 0.2) is 0 Å². The molecule has 2 N–H and O–H groups in total. The predicted octanol–water partition coefficient (Wildman–Crippen LogP) is 2.63. The second-order valence-electron chi connectivity index (χ2n) is 5.25. The number of hydrogen-bond donors (Lipinski definition) is 1. The van der Waals surface area contributed by atoms with Gasteiger partial charge >= 0.3 is 6.18 Å². The van der Waals surface area contributed by atoms with E-state index in [-0.39, 0.29) is 13.0 Å². The van der Waals surface area contributed by atoms with Crippen molar-refractivity contribution in [2.24, 2.45) is 17.6 Å². The molecular weight excluding hydrogens is 229 g/mol. The summed E-state index contributed by atoms with van der Waals surface area (Å²) in [6, 6.07) is -1.35. The first-order chi connectivity index (χ1) is 7.86. The van der Waals surface area contributed by atoms with Gasteiger partial charge in [0.15, 0.2) is 0 Å². The van der Waals surface area contributed by atoms with Crippen molar-refractivity contribution in [1.82, 2.24) is 4.90 Å². The number of nitrogens with two attached hydrogens (primary N) is 1. The molecule has 0 saturated carbocycles. The number of likely N-dealkylation sites (tertiary alicyclic amines) is 1. The predicted molar refractivity (Wildman–Crippen MR) is 62.6 cm³/mol. The summed E-state index contributed by atoms with van der Waals surface area (Å²) in [6.07, 6.45) is -2.40. The molecule has 1 unspecified atom stereocenters. The number of piperidine rings is 1. The van der Waals surface area contributed by atoms with Crippen LogP contribution in [0.25, 0.3) is 0 Å². The van der Waals surface area contributed by atoms with E-state index in [1.165, 1.54) is 0 Å². The van der Waals surface area contributed by atoms with Crippen molar-refractivity contribution in [3.63, 3.8) is 0 Å². The summed E-state index contributed by atoms with van der Waals surface area (Å²) in [7, 11) is 0. The van der Waals surface area contributed by atoms with Crippen molar-refractivity contribution in [3.05, 3.63) is 0 Å². The SMILES string of the molecule is CC(C)C1CCN(C(CCN)C(F)(F)F)CC1. The minimum Gasteiger partial charge on any atom is -0.330 e. The Morgan fingerprint density at radius 3 is 2.12 bits per heavy atom. The maximum atomic E-state index is 12.9. The van der Waals surface area contributed by atoms with E-state index in [2.05, 4.69) is 13.8 Å². The van der Waals surface area contributed by atoms with Crippen LogP contribution in [0.1, 0.15) is 33.1 Å². The zero-order valence-corrected chi connectivity index (χ0v) is 10.6. The van der Waals surface area contributed by atoms with Gasteiger partial charge in [-0.15, -0.1) is 0 Å². The van der Waals surface area contributed by atoms with Crippen LogP contribution in [-0.2, 0) is 0 Å². The molecule has 1 atom stereocenters. The molecule has 0 radical (unpaired) electrons. The van der Waals surface area contributed by atoms with Crippen molar-refractivity contribution in [3.8, 4) is 0 Å². The van der Waals surface area contributed by atoms with E-state index >= 15 is 0 Å². The number of hydrogen-bond acceptors (Lipinski definition) is 2. The third kappa shape index (κ3) is 4.14. The van der Waals surface area contributed by atoms with Crippen LogP contribution in [-0.4, -0.2) is 36.8 Å². The van der Waals surface area contributed by atoms with E-state index in [0.29, 0.717) is 24.9 Å². The summed E-state index contributed by atoms with van der Waals surface area (Å²) < 4.78 is 38.6. The molecule has 0 aromatic rings. The summed E-state index contributed by atoms with van der Waals surface area (Å²) >= 11 is 0. The van der Waals surface area contributed by atoms with Crippen molar-refractivity contribution in [1.29, 1.82) is 0 Å². The lowest BCUT2D eigenvalue weighted by molar-refractivity contribution is -0.188. The molecule has 0 aliphatic carbocycles. The Balaban J connectivity index is 2.55. The van der Waals surface area contributed by atoms with Crippen molar-refractivity contribution in [2.75, 3.05) is 19.6 Å². The van der Waals surface area contributed by atoms with Gasteiger partial charge in [-0.25, -0.2) is 0 Å². The minimum atomic E-state index is -4.15. The van der Waals surface area contributed by atoms with Crippen LogP contribution in [0.3, 0.4) is 0 Å². The van der Waals surface area contributed by atoms with E-state index in [9.17, 15) is 13.2 Å². The Morgan fingerprint density at radius 1 is 1.24 bits per heavy atom. The fourth-order valence-corrected chi connectivity index (χ4v) is 2.61. The Kier molecular flexibility index (Phi) is 5.25. The molecule has 0 spiro atoms. The summed E-state index contributed by atoms with van der Waals surface area (Å²) in [6.45, 7) is 5.47. The first-order valence-electron chi connectivity index (χ1n) is 6.37. The lowest BCUT2D eigenvalue weighted by Crippen LogP contribution is -2.50. The first-order valence-corrected chi connectivity index (χ1v) is 6.37. The lowest BCUT2D eigenvalue weighted by Gasteiger charge is -2.39. The van der Waals surface area contributed by atoms with Crippen LogP contribution in [0.5, 0.6) is 0 Å². The summed E-state index contributed by atoms with van der Waals surface area (Å²) in [5.41, 5.74) is 5.28. The molecule has 0 amide bonds. The second-order valence-corrected chi connectivity index (χ2v) is 5.25. The van der Waals surface area contributed by atoms with E-state index < -0.39 is 12.2 Å². The normalized spacial score (nSPS) is 22.1. The summed E-state index contributed by atoms with van der Waals surface area (Å²) in [5, 5.41) is 0. The molecule has 17 heavy (non-hydrogen) atoms. The highest BCUT2D eigenvalue weighted by atomic mass is 19.4. The number of nitrogens with zero attached hydrogens (tertiary/aromatic N) is 1. The maximum absolute atomic E-state index is 12.9. The van der Waals surface area contributed by atoms with Crippen LogP contribution in [0.2, 0.25) is 0 Å². The third-order valence-corrected chi connectivity index (χ3v) is 3.78. The van der Waals surface area contributed by atoms with Gasteiger partial charge in [0, 0.05) is 0 Å². The Hall–Kier alpha value is -0.290. The average Bonchev–Trinajstić information content (AvgIpc) is 2.24. The number of alkyl halides is 3. The minimum absolute atomic E-state index is 0.00977. The van der Waals surface area contributed by atoms with Gasteiger partial charge in [0.1, 0.15) is 6.04 Å². The topological polar surface area (TPSA) is 29.3 Å². The van der Waals surface area contributed by atoms with E-state index in [1.54, 1.807) is 4.90 Å². The highest BCUT2D eigenvalue weighted by Crippen LogP contribution is 2.32. The molecule has 1 aliphatic heterocycles. The zero-order chi connectivity index (χ0) is 13.1. The van der Waals surface area contributed by atoms with E-state index in [4.69, 9.17) is 5.73 Å². The Bertz CT molecular complexity index is 220. The van der Waals surface area contributed by atoms with Crippen LogP contribution in [0.4, 0.5) is 13.2 Å². The van der Waals surface area contributed by atoms with Gasteiger partial charge in [0.05, 0.1) is 0 Å². The average molecular weight is 252 g/mol. The number of halogens is 3. The second kappa shape index (κ2) is 6.05. The quantitative estimate of drug-likeness (QED) is 0.833. The molecule has 102 valence electrons. The standard InChI is InChI=1S/C12H23F3N2/c1-9(2)10-4-7-17(8-5-10)11(3-6-16)12(13,14)15/h9-11H,3-8,16H2,1-2H3. The molecule has 0 aromatic heterocycles. The molecule has 1 heterocycles. The van der Waals surface area contributed by atoms with Crippen LogP contribution >= 0.6 is 0 Å². The molecule has 5 heteroatoms. The summed E-state index contributed by atoms with van der Waals surface area (Å²) in [4.78, 5) is 1.56. The summed E-state index contributed by atoms with van der Waals surface area (Å²) in [5.74, 6) is 1.13. The molecular formula is C12H23F3N2. The van der Waals surface area contributed by atoms with Crippen molar-refractivity contribution < 1.29 is 13.2 Å². The zero-order valence-electron chi connectivity index (χ0n) is 10.6. The highest BCUT2D eigenvalue weighted by molar-refractivity contribution is 4.84. The van der Waals surface area contributed by atoms with Crippen molar-refractivity contribution in [2.45, 2.75) is 45.3 Å². The fraction of sp³-hybridized carbons (Fsp3) is 1.00. The van der Waals surface area contributed by atoms with Gasteiger partial charge in [-0.2, -0.15) is 13.2 Å². The van der Waals surface area contributed by atoms with E-state index in [0.717, 1.165) is 12.8 Å². The third-order valence-electron chi connectivity index (χ3n) is 3.78. The first kappa shape index (κ1) is 14.8. The molecule has 1 saturated heterocycles. The van der Waals surface area contributed by atoms with Crippen LogP contribution in [0, 0.1) is 11.8 Å².